The minimum absolute atomic E-state index is 0.000837. The molecule has 0 saturated carbocycles. The summed E-state index contributed by atoms with van der Waals surface area (Å²) >= 11 is 11.7. The van der Waals surface area contributed by atoms with Crippen LogP contribution in [0.25, 0.3) is 0 Å². The molecule has 30 heavy (non-hydrogen) atoms. The number of ether oxygens (including phenoxy) is 1. The average molecular weight is 462 g/mol. The molecule has 1 N–H and O–H groups in total. The molecule has 0 radical (unpaired) electrons. The Balaban J connectivity index is 1.66. The molecule has 1 aliphatic carbocycles. The molecule has 1 heterocycles. The first-order chi connectivity index (χ1) is 14.3. The molecule has 1 fully saturated rings. The predicted octanol–water partition coefficient (Wildman–Crippen LogP) is 5.05. The summed E-state index contributed by atoms with van der Waals surface area (Å²) in [5.74, 6) is 0.502. The van der Waals surface area contributed by atoms with Crippen molar-refractivity contribution < 1.29 is 17.9 Å². The fraction of sp³-hybridized carbons (Fsp3) is 0.571. The number of hydrogen-bond acceptors (Lipinski definition) is 3. The highest BCUT2D eigenvalue weighted by Crippen LogP contribution is 2.34. The maximum Gasteiger partial charge on any atom is 0.416 e. The molecule has 1 atom stereocenters. The second-order valence-corrected chi connectivity index (χ2v) is 8.47. The zero-order valence-electron chi connectivity index (χ0n) is 16.8. The maximum absolute atomic E-state index is 12.9. The number of nitrogens with one attached hydrogen (secondary N) is 1. The summed E-state index contributed by atoms with van der Waals surface area (Å²) in [6.45, 7) is 5.65. The van der Waals surface area contributed by atoms with Gasteiger partial charge >= 0.3 is 6.18 Å². The summed E-state index contributed by atoms with van der Waals surface area (Å²) in [5.41, 5.74) is -0.392. The first-order valence-corrected chi connectivity index (χ1v) is 11.0. The van der Waals surface area contributed by atoms with Gasteiger partial charge in [0.05, 0.1) is 29.5 Å². The third kappa shape index (κ3) is 6.83. The Morgan fingerprint density at radius 1 is 1.27 bits per heavy atom. The average Bonchev–Trinajstić information content (AvgIpc) is 2.73. The molecule has 1 unspecified atom stereocenters. The molecule has 0 aromatic heterocycles. The summed E-state index contributed by atoms with van der Waals surface area (Å²) in [7, 11) is 0. The number of rotatable bonds is 6. The molecule has 3 rings (SSSR count). The normalized spacial score (nSPS) is 20.2. The van der Waals surface area contributed by atoms with E-state index in [4.69, 9.17) is 28.6 Å². The molecular formula is C21H27ClF3N3OS. The number of alkyl halides is 3. The van der Waals surface area contributed by atoms with Crippen LogP contribution >= 0.6 is 23.8 Å². The maximum atomic E-state index is 12.9. The Morgan fingerprint density at radius 2 is 2.03 bits per heavy atom. The van der Waals surface area contributed by atoms with Gasteiger partial charge in [-0.3, -0.25) is 4.90 Å². The smallest absolute Gasteiger partial charge is 0.379 e. The number of benzene rings is 1. The number of nitrogens with zero attached hydrogens (tertiary/aromatic N) is 2. The van der Waals surface area contributed by atoms with Gasteiger partial charge in [0.2, 0.25) is 0 Å². The van der Waals surface area contributed by atoms with Gasteiger partial charge in [-0.1, -0.05) is 23.8 Å². The van der Waals surface area contributed by atoms with Crippen molar-refractivity contribution in [3.8, 4) is 0 Å². The fourth-order valence-corrected chi connectivity index (χ4v) is 4.19. The van der Waals surface area contributed by atoms with Crippen LogP contribution in [0, 0.1) is 5.92 Å². The van der Waals surface area contributed by atoms with Crippen molar-refractivity contribution in [1.82, 2.24) is 9.80 Å². The van der Waals surface area contributed by atoms with Gasteiger partial charge in [-0.05, 0) is 55.6 Å². The molecule has 0 amide bonds. The van der Waals surface area contributed by atoms with Crippen molar-refractivity contribution in [3.05, 3.63) is 40.9 Å². The fourth-order valence-electron chi connectivity index (χ4n) is 3.68. The highest BCUT2D eigenvalue weighted by Gasteiger charge is 2.31. The Labute approximate surface area is 186 Å². The number of thiocarbonyl (C=S) groups is 1. The predicted molar refractivity (Wildman–Crippen MR) is 118 cm³/mol. The van der Waals surface area contributed by atoms with Crippen molar-refractivity contribution in [2.75, 3.05) is 51.3 Å². The van der Waals surface area contributed by atoms with E-state index in [1.165, 1.54) is 6.07 Å². The molecular weight excluding hydrogens is 435 g/mol. The largest absolute Gasteiger partial charge is 0.416 e. The van der Waals surface area contributed by atoms with Gasteiger partial charge in [-0.25, -0.2) is 0 Å². The second-order valence-electron chi connectivity index (χ2n) is 7.67. The Hall–Kier alpha value is -1.35. The highest BCUT2D eigenvalue weighted by atomic mass is 35.5. The van der Waals surface area contributed by atoms with E-state index in [1.54, 1.807) is 0 Å². The number of allylic oxidation sites excluding steroid dienone is 2. The topological polar surface area (TPSA) is 27.7 Å². The van der Waals surface area contributed by atoms with Crippen molar-refractivity contribution in [2.45, 2.75) is 25.4 Å². The molecule has 1 saturated heterocycles. The Bertz CT molecular complexity index is 754. The standard InChI is InChI=1S/C21H27ClF3N3OS/c22-18-14-17(21(23,24)25)6-7-19(18)26-20(30)28(15-16-4-2-1-3-5-16)9-8-27-10-12-29-13-11-27/h1-2,6-7,14,16H,3-5,8-13,15H2,(H,26,30). The number of anilines is 1. The van der Waals surface area contributed by atoms with Gasteiger partial charge in [0.1, 0.15) is 0 Å². The van der Waals surface area contributed by atoms with E-state index in [1.807, 2.05) is 0 Å². The van der Waals surface area contributed by atoms with Crippen LogP contribution in [0.5, 0.6) is 0 Å². The SMILES string of the molecule is FC(F)(F)c1ccc(NC(=S)N(CCN2CCOCC2)CC2CC=CCC2)c(Cl)c1. The van der Waals surface area contributed by atoms with Crippen LogP contribution in [0.15, 0.2) is 30.4 Å². The van der Waals surface area contributed by atoms with E-state index in [2.05, 4.69) is 27.3 Å². The highest BCUT2D eigenvalue weighted by molar-refractivity contribution is 7.80. The van der Waals surface area contributed by atoms with Crippen molar-refractivity contribution in [2.24, 2.45) is 5.92 Å². The zero-order chi connectivity index (χ0) is 21.6. The van der Waals surface area contributed by atoms with Crippen molar-refractivity contribution >= 4 is 34.6 Å². The monoisotopic (exact) mass is 461 g/mol. The summed E-state index contributed by atoms with van der Waals surface area (Å²) in [5, 5.41) is 3.55. The lowest BCUT2D eigenvalue weighted by atomic mass is 9.94. The first kappa shape index (κ1) is 23.3. The van der Waals surface area contributed by atoms with Crippen LogP contribution < -0.4 is 5.32 Å². The van der Waals surface area contributed by atoms with Crippen LogP contribution in [0.4, 0.5) is 18.9 Å². The summed E-state index contributed by atoms with van der Waals surface area (Å²) in [6.07, 6.45) is 3.16. The molecule has 0 spiro atoms. The lowest BCUT2D eigenvalue weighted by molar-refractivity contribution is -0.137. The first-order valence-electron chi connectivity index (χ1n) is 10.2. The van der Waals surface area contributed by atoms with Gasteiger partial charge in [0, 0.05) is 32.7 Å². The molecule has 1 aromatic carbocycles. The summed E-state index contributed by atoms with van der Waals surface area (Å²) in [6, 6.07) is 3.28. The van der Waals surface area contributed by atoms with Gasteiger partial charge in [0.15, 0.2) is 5.11 Å². The lowest BCUT2D eigenvalue weighted by Gasteiger charge is -2.34. The van der Waals surface area contributed by atoms with Crippen LogP contribution in [-0.2, 0) is 10.9 Å². The van der Waals surface area contributed by atoms with E-state index < -0.39 is 11.7 Å². The Kier molecular flexibility index (Phi) is 8.39. The summed E-state index contributed by atoms with van der Waals surface area (Å²) in [4.78, 5) is 4.45. The summed E-state index contributed by atoms with van der Waals surface area (Å²) < 4.78 is 44.1. The van der Waals surface area contributed by atoms with E-state index in [9.17, 15) is 13.2 Å². The third-order valence-corrected chi connectivity index (χ3v) is 6.14. The van der Waals surface area contributed by atoms with Crippen LogP contribution in [-0.4, -0.2) is 60.8 Å². The zero-order valence-corrected chi connectivity index (χ0v) is 18.3. The molecule has 1 aromatic rings. The van der Waals surface area contributed by atoms with Gasteiger partial charge in [0.25, 0.3) is 0 Å². The molecule has 0 bridgehead atoms. The third-order valence-electron chi connectivity index (χ3n) is 5.47. The van der Waals surface area contributed by atoms with Gasteiger partial charge in [-0.2, -0.15) is 13.2 Å². The Morgan fingerprint density at radius 3 is 2.67 bits per heavy atom. The molecule has 9 heteroatoms. The van der Waals surface area contributed by atoms with E-state index in [-0.39, 0.29) is 5.02 Å². The number of hydrogen-bond donors (Lipinski definition) is 1. The van der Waals surface area contributed by atoms with Crippen molar-refractivity contribution in [3.63, 3.8) is 0 Å². The molecule has 4 nitrogen and oxygen atoms in total. The molecule has 2 aliphatic rings. The van der Waals surface area contributed by atoms with Gasteiger partial charge < -0.3 is 15.0 Å². The van der Waals surface area contributed by atoms with Gasteiger partial charge in [-0.15, -0.1) is 0 Å². The van der Waals surface area contributed by atoms with Crippen LogP contribution in [0.1, 0.15) is 24.8 Å². The number of halogens is 4. The number of morpholine rings is 1. The van der Waals surface area contributed by atoms with Crippen molar-refractivity contribution in [1.29, 1.82) is 0 Å². The second kappa shape index (κ2) is 10.8. The lowest BCUT2D eigenvalue weighted by Crippen LogP contribution is -2.45. The van der Waals surface area contributed by atoms with Crippen LogP contribution in [0.2, 0.25) is 5.02 Å². The van der Waals surface area contributed by atoms with E-state index in [0.29, 0.717) is 16.7 Å². The quantitative estimate of drug-likeness (QED) is 0.473. The van der Waals surface area contributed by atoms with Crippen LogP contribution in [0.3, 0.4) is 0 Å². The minimum atomic E-state index is -4.43. The minimum Gasteiger partial charge on any atom is -0.379 e. The molecule has 166 valence electrons. The van der Waals surface area contributed by atoms with E-state index >= 15 is 0 Å². The molecule has 1 aliphatic heterocycles. The van der Waals surface area contributed by atoms with E-state index in [0.717, 1.165) is 77.3 Å².